The SMILES string of the molecule is CC1=NS(C)=NC=N1.[HH]. The minimum atomic E-state index is -0.157. The Morgan fingerprint density at radius 3 is 2.88 bits per heavy atom. The molecule has 0 saturated carbocycles. The Kier molecular flexibility index (Phi) is 1.53. The van der Waals surface area contributed by atoms with Gasteiger partial charge >= 0.3 is 0 Å². The van der Waals surface area contributed by atoms with Gasteiger partial charge in [-0.1, -0.05) is 0 Å². The lowest BCUT2D eigenvalue weighted by Crippen LogP contribution is -1.94. The Morgan fingerprint density at radius 1 is 1.75 bits per heavy atom. The van der Waals surface area contributed by atoms with Crippen LogP contribution in [0.4, 0.5) is 0 Å². The second kappa shape index (κ2) is 2.17. The predicted molar refractivity (Wildman–Crippen MR) is 39.4 cm³/mol. The first-order valence-corrected chi connectivity index (χ1v) is 3.78. The maximum atomic E-state index is 4.06. The molecule has 0 amide bonds. The first-order chi connectivity index (χ1) is 3.79. The summed E-state index contributed by atoms with van der Waals surface area (Å²) in [7, 11) is -0.157. The van der Waals surface area contributed by atoms with E-state index in [1.54, 1.807) is 6.34 Å². The molecule has 1 rings (SSSR count). The molecule has 1 atom stereocenters. The largest absolute Gasteiger partial charge is 0.220 e. The first kappa shape index (κ1) is 5.62. The van der Waals surface area contributed by atoms with Gasteiger partial charge in [0.25, 0.3) is 0 Å². The van der Waals surface area contributed by atoms with Crippen molar-refractivity contribution in [1.82, 2.24) is 0 Å². The summed E-state index contributed by atoms with van der Waals surface area (Å²) in [5.41, 5.74) is 0. The van der Waals surface area contributed by atoms with Gasteiger partial charge in [0.2, 0.25) is 0 Å². The minimum Gasteiger partial charge on any atom is -0.220 e. The molecule has 3 nitrogen and oxygen atoms in total. The lowest BCUT2D eigenvalue weighted by molar-refractivity contribution is 1.53. The Bertz CT molecular complexity index is 181. The van der Waals surface area contributed by atoms with E-state index in [4.69, 9.17) is 0 Å². The van der Waals surface area contributed by atoms with Crippen LogP contribution in [0, 0.1) is 0 Å². The van der Waals surface area contributed by atoms with Gasteiger partial charge in [-0.3, -0.25) is 0 Å². The van der Waals surface area contributed by atoms with Crippen LogP contribution < -0.4 is 0 Å². The number of amidine groups is 1. The molecule has 0 aromatic rings. The standard InChI is InChI=1S/C4H7N3S.H2/c1-4-5-3-6-8(2)7-4;/h3H,1-2H3;1H. The highest BCUT2D eigenvalue weighted by molar-refractivity contribution is 7.85. The fourth-order valence-corrected chi connectivity index (χ4v) is 1.07. The Hall–Kier alpha value is -0.510. The summed E-state index contributed by atoms with van der Waals surface area (Å²) in [6, 6.07) is 0. The molecule has 0 radical (unpaired) electrons. The molecule has 8 heavy (non-hydrogen) atoms. The van der Waals surface area contributed by atoms with Crippen molar-refractivity contribution in [1.29, 1.82) is 0 Å². The van der Waals surface area contributed by atoms with Crippen LogP contribution in [0.25, 0.3) is 0 Å². The number of nitrogens with zero attached hydrogens (tertiary/aromatic N) is 3. The fraction of sp³-hybridized carbons (Fsp3) is 0.500. The number of aliphatic imine (C=N–C) groups is 1. The van der Waals surface area contributed by atoms with Crippen molar-refractivity contribution in [2.75, 3.05) is 6.26 Å². The zero-order chi connectivity index (χ0) is 5.98. The van der Waals surface area contributed by atoms with E-state index in [0.717, 1.165) is 5.84 Å². The molecule has 1 aliphatic heterocycles. The van der Waals surface area contributed by atoms with E-state index in [9.17, 15) is 0 Å². The van der Waals surface area contributed by atoms with Gasteiger partial charge in [-0.05, 0) is 6.92 Å². The van der Waals surface area contributed by atoms with E-state index >= 15 is 0 Å². The fourth-order valence-electron chi connectivity index (χ4n) is 0.414. The normalized spacial score (nSPS) is 26.8. The van der Waals surface area contributed by atoms with Crippen LogP contribution in [0.3, 0.4) is 0 Å². The monoisotopic (exact) mass is 131 g/mol. The van der Waals surface area contributed by atoms with Crippen LogP contribution in [-0.4, -0.2) is 18.4 Å². The van der Waals surface area contributed by atoms with E-state index < -0.39 is 0 Å². The lowest BCUT2D eigenvalue weighted by Gasteiger charge is -1.95. The maximum Gasteiger partial charge on any atom is 0.136 e. The van der Waals surface area contributed by atoms with Crippen LogP contribution in [0.1, 0.15) is 8.35 Å². The van der Waals surface area contributed by atoms with Crippen LogP contribution in [-0.2, 0) is 10.9 Å². The van der Waals surface area contributed by atoms with Gasteiger partial charge in [-0.15, -0.1) is 0 Å². The van der Waals surface area contributed by atoms with Crippen LogP contribution in [0.15, 0.2) is 13.8 Å². The van der Waals surface area contributed by atoms with Crippen molar-refractivity contribution in [2.24, 2.45) is 13.8 Å². The number of hydrogen-bond acceptors (Lipinski definition) is 3. The summed E-state index contributed by atoms with van der Waals surface area (Å²) in [5.74, 6) is 0.825. The molecule has 0 aliphatic carbocycles. The van der Waals surface area contributed by atoms with Gasteiger partial charge in [-0.25, -0.2) is 4.99 Å². The molecule has 1 unspecified atom stereocenters. The van der Waals surface area contributed by atoms with Gasteiger partial charge in [0.05, 0.1) is 0 Å². The Balaban J connectivity index is 0.000000640. The van der Waals surface area contributed by atoms with Gasteiger partial charge in [0.15, 0.2) is 0 Å². The molecule has 46 valence electrons. The highest BCUT2D eigenvalue weighted by Gasteiger charge is 1.89. The summed E-state index contributed by atoms with van der Waals surface area (Å²) in [6.45, 7) is 1.87. The van der Waals surface area contributed by atoms with E-state index in [1.165, 1.54) is 0 Å². The molecule has 1 heterocycles. The van der Waals surface area contributed by atoms with E-state index in [0.29, 0.717) is 0 Å². The molecule has 0 N–H and O–H groups in total. The molecule has 1 aliphatic rings. The summed E-state index contributed by atoms with van der Waals surface area (Å²) in [4.78, 5) is 3.85. The molecular weight excluding hydrogens is 122 g/mol. The summed E-state index contributed by atoms with van der Waals surface area (Å²) in [5, 5.41) is 0. The van der Waals surface area contributed by atoms with Crippen LogP contribution in [0.2, 0.25) is 0 Å². The quantitative estimate of drug-likeness (QED) is 0.471. The Morgan fingerprint density at radius 2 is 2.50 bits per heavy atom. The van der Waals surface area contributed by atoms with Gasteiger partial charge in [0.1, 0.15) is 12.2 Å². The molecular formula is C4H9N3S. The highest BCUT2D eigenvalue weighted by atomic mass is 32.2. The summed E-state index contributed by atoms with van der Waals surface area (Å²) < 4.78 is 7.99. The maximum absolute atomic E-state index is 4.06. The van der Waals surface area contributed by atoms with E-state index in [-0.39, 0.29) is 12.3 Å². The number of hydrogen-bond donors (Lipinski definition) is 0. The smallest absolute Gasteiger partial charge is 0.136 e. The topological polar surface area (TPSA) is 37.1 Å². The predicted octanol–water partition coefficient (Wildman–Crippen LogP) is 1.04. The van der Waals surface area contributed by atoms with Gasteiger partial charge < -0.3 is 0 Å². The molecule has 0 saturated heterocycles. The molecule has 0 aromatic carbocycles. The van der Waals surface area contributed by atoms with Crippen LogP contribution >= 0.6 is 0 Å². The second-order valence-corrected chi connectivity index (χ2v) is 2.72. The summed E-state index contributed by atoms with van der Waals surface area (Å²) in [6.07, 6.45) is 3.51. The average molecular weight is 131 g/mol. The molecule has 0 fully saturated rings. The second-order valence-electron chi connectivity index (χ2n) is 1.44. The summed E-state index contributed by atoms with van der Waals surface area (Å²) >= 11 is 0. The van der Waals surface area contributed by atoms with Crippen molar-refractivity contribution in [3.63, 3.8) is 0 Å². The first-order valence-electron chi connectivity index (χ1n) is 2.24. The zero-order valence-corrected chi connectivity index (χ0v) is 5.64. The third kappa shape index (κ3) is 1.23. The van der Waals surface area contributed by atoms with Crippen molar-refractivity contribution < 1.29 is 1.43 Å². The average Bonchev–Trinajstić information content (AvgIpc) is 1.64. The minimum absolute atomic E-state index is 0. The highest BCUT2D eigenvalue weighted by Crippen LogP contribution is 1.92. The van der Waals surface area contributed by atoms with Crippen molar-refractivity contribution >= 4 is 23.1 Å². The van der Waals surface area contributed by atoms with E-state index in [1.807, 2.05) is 13.2 Å². The zero-order valence-electron chi connectivity index (χ0n) is 4.83. The number of rotatable bonds is 0. The van der Waals surface area contributed by atoms with Gasteiger partial charge in [-0.2, -0.15) is 8.76 Å². The van der Waals surface area contributed by atoms with Crippen molar-refractivity contribution in [3.8, 4) is 0 Å². The molecule has 4 heteroatoms. The van der Waals surface area contributed by atoms with Crippen LogP contribution in [0.5, 0.6) is 0 Å². The molecule has 0 bridgehead atoms. The lowest BCUT2D eigenvalue weighted by atomic mass is 10.7. The third-order valence-corrected chi connectivity index (χ3v) is 1.64. The van der Waals surface area contributed by atoms with Crippen molar-refractivity contribution in [2.45, 2.75) is 6.92 Å². The van der Waals surface area contributed by atoms with E-state index in [2.05, 4.69) is 13.8 Å². The van der Waals surface area contributed by atoms with Crippen molar-refractivity contribution in [3.05, 3.63) is 0 Å². The van der Waals surface area contributed by atoms with Gasteiger partial charge in [0, 0.05) is 18.6 Å². The molecule has 0 spiro atoms. The third-order valence-electron chi connectivity index (χ3n) is 0.708. The molecule has 0 aromatic heterocycles. The Labute approximate surface area is 52.3 Å².